The molecule has 0 unspecified atom stereocenters. The standard InChI is InChI=1S/C16H19ClN2O3S2/c17-14-1-3-15(4-2-14)24(20,21)18-11-16(13-5-10-23-12-13)19-6-8-22-9-7-19/h1-5,10,12,16,18H,6-9,11H2/t16-/m1/s1. The van der Waals surface area contributed by atoms with E-state index in [1.165, 1.54) is 12.1 Å². The van der Waals surface area contributed by atoms with E-state index in [2.05, 4.69) is 15.0 Å². The highest BCUT2D eigenvalue weighted by molar-refractivity contribution is 7.89. The molecule has 0 radical (unpaired) electrons. The maximum Gasteiger partial charge on any atom is 0.240 e. The van der Waals surface area contributed by atoms with Gasteiger partial charge in [-0.2, -0.15) is 11.3 Å². The SMILES string of the molecule is O=S(=O)(NC[C@H](c1ccsc1)N1CCOCC1)c1ccc(Cl)cc1. The zero-order valence-corrected chi connectivity index (χ0v) is 15.4. The molecule has 1 aromatic carbocycles. The van der Waals surface area contributed by atoms with E-state index in [0.717, 1.165) is 18.7 Å². The Morgan fingerprint density at radius 2 is 1.92 bits per heavy atom. The Bertz CT molecular complexity index is 742. The zero-order valence-electron chi connectivity index (χ0n) is 13.0. The van der Waals surface area contributed by atoms with Crippen LogP contribution in [-0.2, 0) is 14.8 Å². The van der Waals surface area contributed by atoms with Gasteiger partial charge in [-0.05, 0) is 46.7 Å². The third kappa shape index (κ3) is 4.36. The van der Waals surface area contributed by atoms with Gasteiger partial charge in [-0.3, -0.25) is 4.90 Å². The number of nitrogens with zero attached hydrogens (tertiary/aromatic N) is 1. The summed E-state index contributed by atoms with van der Waals surface area (Å²) in [4.78, 5) is 2.48. The number of sulfonamides is 1. The Morgan fingerprint density at radius 3 is 2.54 bits per heavy atom. The molecular formula is C16H19ClN2O3S2. The van der Waals surface area contributed by atoms with Crippen molar-refractivity contribution in [1.82, 2.24) is 9.62 Å². The first-order chi connectivity index (χ1) is 11.6. The minimum Gasteiger partial charge on any atom is -0.379 e. The smallest absolute Gasteiger partial charge is 0.240 e. The molecule has 1 atom stereocenters. The van der Waals surface area contributed by atoms with Crippen LogP contribution in [0.15, 0.2) is 46.0 Å². The Balaban J connectivity index is 1.74. The van der Waals surface area contributed by atoms with E-state index < -0.39 is 10.0 Å². The van der Waals surface area contributed by atoms with Gasteiger partial charge >= 0.3 is 0 Å². The normalized spacial score (nSPS) is 17.7. The first-order valence-corrected chi connectivity index (χ1v) is 10.5. The Kier molecular flexibility index (Phi) is 5.91. The zero-order chi connectivity index (χ0) is 17.0. The lowest BCUT2D eigenvalue weighted by Gasteiger charge is -2.34. The van der Waals surface area contributed by atoms with Crippen molar-refractivity contribution in [2.24, 2.45) is 0 Å². The van der Waals surface area contributed by atoms with Crippen molar-refractivity contribution < 1.29 is 13.2 Å². The van der Waals surface area contributed by atoms with Crippen LogP contribution in [0.25, 0.3) is 0 Å². The Labute approximate surface area is 151 Å². The van der Waals surface area contributed by atoms with Crippen molar-refractivity contribution in [1.29, 1.82) is 0 Å². The van der Waals surface area contributed by atoms with E-state index in [-0.39, 0.29) is 10.9 Å². The molecule has 0 spiro atoms. The molecule has 130 valence electrons. The van der Waals surface area contributed by atoms with Gasteiger partial charge < -0.3 is 4.74 Å². The lowest BCUT2D eigenvalue weighted by Crippen LogP contribution is -2.43. The summed E-state index contributed by atoms with van der Waals surface area (Å²) in [6.45, 7) is 3.25. The molecule has 1 N–H and O–H groups in total. The van der Waals surface area contributed by atoms with Crippen LogP contribution in [0.1, 0.15) is 11.6 Å². The number of halogens is 1. The molecule has 5 nitrogen and oxygen atoms in total. The molecule has 3 rings (SSSR count). The quantitative estimate of drug-likeness (QED) is 0.829. The lowest BCUT2D eigenvalue weighted by atomic mass is 10.1. The van der Waals surface area contributed by atoms with Crippen LogP contribution in [0.2, 0.25) is 5.02 Å². The van der Waals surface area contributed by atoms with Crippen molar-refractivity contribution in [3.05, 3.63) is 51.7 Å². The second kappa shape index (κ2) is 7.95. The summed E-state index contributed by atoms with van der Waals surface area (Å²) < 4.78 is 33.1. The topological polar surface area (TPSA) is 58.6 Å². The average Bonchev–Trinajstić information content (AvgIpc) is 3.11. The maximum atomic E-state index is 12.5. The number of ether oxygens (including phenoxy) is 1. The van der Waals surface area contributed by atoms with E-state index in [0.29, 0.717) is 24.8 Å². The van der Waals surface area contributed by atoms with Crippen LogP contribution >= 0.6 is 22.9 Å². The predicted octanol–water partition coefficient (Wildman–Crippen LogP) is 2.75. The lowest BCUT2D eigenvalue weighted by molar-refractivity contribution is 0.0173. The number of morpholine rings is 1. The summed E-state index contributed by atoms with van der Waals surface area (Å²) in [5.41, 5.74) is 1.13. The average molecular weight is 387 g/mol. The van der Waals surface area contributed by atoms with Crippen molar-refractivity contribution in [2.45, 2.75) is 10.9 Å². The predicted molar refractivity (Wildman–Crippen MR) is 96.1 cm³/mol. The van der Waals surface area contributed by atoms with Crippen molar-refractivity contribution >= 4 is 33.0 Å². The van der Waals surface area contributed by atoms with Crippen molar-refractivity contribution in [3.63, 3.8) is 0 Å². The largest absolute Gasteiger partial charge is 0.379 e. The van der Waals surface area contributed by atoms with Gasteiger partial charge in [0.15, 0.2) is 0 Å². The number of hydrogen-bond acceptors (Lipinski definition) is 5. The number of benzene rings is 1. The molecular weight excluding hydrogens is 368 g/mol. The molecule has 0 amide bonds. The van der Waals surface area contributed by atoms with E-state index in [9.17, 15) is 8.42 Å². The molecule has 0 aliphatic carbocycles. The van der Waals surface area contributed by atoms with Gasteiger partial charge in [0, 0.05) is 30.7 Å². The summed E-state index contributed by atoms with van der Waals surface area (Å²) in [6, 6.07) is 8.23. The van der Waals surface area contributed by atoms with Gasteiger partial charge in [0.05, 0.1) is 18.1 Å². The van der Waals surface area contributed by atoms with Crippen LogP contribution in [0.4, 0.5) is 0 Å². The molecule has 8 heteroatoms. The third-order valence-electron chi connectivity index (χ3n) is 4.01. The van der Waals surface area contributed by atoms with Gasteiger partial charge in [0.1, 0.15) is 0 Å². The molecule has 1 aliphatic heterocycles. The summed E-state index contributed by atoms with van der Waals surface area (Å²) in [5.74, 6) is 0. The minimum atomic E-state index is -3.56. The van der Waals surface area contributed by atoms with Crippen LogP contribution in [0.5, 0.6) is 0 Å². The van der Waals surface area contributed by atoms with Gasteiger partial charge in [-0.1, -0.05) is 11.6 Å². The monoisotopic (exact) mass is 386 g/mol. The first-order valence-electron chi connectivity index (χ1n) is 7.65. The van der Waals surface area contributed by atoms with Crippen LogP contribution < -0.4 is 4.72 Å². The van der Waals surface area contributed by atoms with Gasteiger partial charge in [-0.25, -0.2) is 13.1 Å². The van der Waals surface area contributed by atoms with Crippen LogP contribution in [0.3, 0.4) is 0 Å². The Morgan fingerprint density at radius 1 is 1.21 bits per heavy atom. The number of nitrogens with one attached hydrogen (secondary N) is 1. The summed E-state index contributed by atoms with van der Waals surface area (Å²) in [5, 5.41) is 4.59. The van der Waals surface area contributed by atoms with Crippen molar-refractivity contribution in [3.8, 4) is 0 Å². The third-order valence-corrected chi connectivity index (χ3v) is 6.40. The molecule has 1 fully saturated rings. The molecule has 0 bridgehead atoms. The summed E-state index contributed by atoms with van der Waals surface area (Å²) >= 11 is 7.44. The van der Waals surface area contributed by atoms with Gasteiger partial charge in [0.25, 0.3) is 0 Å². The highest BCUT2D eigenvalue weighted by atomic mass is 35.5. The second-order valence-corrected chi connectivity index (χ2v) is 8.51. The highest BCUT2D eigenvalue weighted by Crippen LogP contribution is 2.24. The van der Waals surface area contributed by atoms with E-state index in [1.807, 2.05) is 11.4 Å². The van der Waals surface area contributed by atoms with Gasteiger partial charge in [-0.15, -0.1) is 0 Å². The highest BCUT2D eigenvalue weighted by Gasteiger charge is 2.25. The van der Waals surface area contributed by atoms with E-state index in [1.54, 1.807) is 23.5 Å². The van der Waals surface area contributed by atoms with Crippen molar-refractivity contribution in [2.75, 3.05) is 32.8 Å². The molecule has 1 aliphatic rings. The fourth-order valence-corrected chi connectivity index (χ4v) is 4.57. The Hall–Kier alpha value is -0.960. The van der Waals surface area contributed by atoms with Crippen LogP contribution in [0, 0.1) is 0 Å². The molecule has 1 saturated heterocycles. The maximum absolute atomic E-state index is 12.5. The molecule has 24 heavy (non-hydrogen) atoms. The molecule has 2 aromatic rings. The minimum absolute atomic E-state index is 0.00206. The van der Waals surface area contributed by atoms with E-state index in [4.69, 9.17) is 16.3 Å². The summed E-state index contributed by atoms with van der Waals surface area (Å²) in [7, 11) is -3.56. The first kappa shape index (κ1) is 17.8. The van der Waals surface area contributed by atoms with Crippen LogP contribution in [-0.4, -0.2) is 46.2 Å². The summed E-state index contributed by atoms with van der Waals surface area (Å²) in [6.07, 6.45) is 0. The fraction of sp³-hybridized carbons (Fsp3) is 0.375. The second-order valence-electron chi connectivity index (χ2n) is 5.53. The number of thiophene rings is 1. The fourth-order valence-electron chi connectivity index (χ4n) is 2.70. The number of rotatable bonds is 6. The van der Waals surface area contributed by atoms with E-state index >= 15 is 0 Å². The molecule has 0 saturated carbocycles. The molecule has 2 heterocycles. The molecule has 1 aromatic heterocycles. The number of hydrogen-bond donors (Lipinski definition) is 1. The van der Waals surface area contributed by atoms with Gasteiger partial charge in [0.2, 0.25) is 10.0 Å².